The first-order valence-electron chi connectivity index (χ1n) is 12.2. The second-order valence-corrected chi connectivity index (χ2v) is 11.0. The van der Waals surface area contributed by atoms with E-state index >= 15 is 0 Å². The van der Waals surface area contributed by atoms with Gasteiger partial charge >= 0.3 is 5.97 Å². The van der Waals surface area contributed by atoms with Crippen LogP contribution in [0.4, 0.5) is 0 Å². The van der Waals surface area contributed by atoms with E-state index in [9.17, 15) is 9.59 Å². The summed E-state index contributed by atoms with van der Waals surface area (Å²) < 4.78 is 5.16. The van der Waals surface area contributed by atoms with Crippen LogP contribution >= 0.6 is 0 Å². The Morgan fingerprint density at radius 1 is 1.14 bits per heavy atom. The fraction of sp³-hybridized carbons (Fsp3) is 0.846. The lowest BCUT2D eigenvalue weighted by Gasteiger charge is -2.58. The van der Waals surface area contributed by atoms with Crippen LogP contribution < -0.4 is 0 Å². The van der Waals surface area contributed by atoms with Gasteiger partial charge in [0.05, 0.1) is 6.61 Å². The summed E-state index contributed by atoms with van der Waals surface area (Å²) in [5.74, 6) is 4.07. The van der Waals surface area contributed by atoms with Gasteiger partial charge in [-0.3, -0.25) is 9.59 Å². The number of ketones is 1. The zero-order chi connectivity index (χ0) is 20.8. The lowest BCUT2D eigenvalue weighted by atomic mass is 9.46. The van der Waals surface area contributed by atoms with E-state index in [4.69, 9.17) is 4.74 Å². The fourth-order valence-corrected chi connectivity index (χ4v) is 8.31. The van der Waals surface area contributed by atoms with E-state index < -0.39 is 0 Å². The summed E-state index contributed by atoms with van der Waals surface area (Å²) in [7, 11) is 0. The third kappa shape index (κ3) is 3.51. The highest BCUT2D eigenvalue weighted by atomic mass is 16.5. The van der Waals surface area contributed by atoms with Crippen molar-refractivity contribution in [2.75, 3.05) is 6.61 Å². The molecule has 0 bridgehead atoms. The maximum Gasteiger partial charge on any atom is 0.305 e. The molecule has 29 heavy (non-hydrogen) atoms. The van der Waals surface area contributed by atoms with Gasteiger partial charge in [0, 0.05) is 12.8 Å². The molecule has 0 N–H and O–H groups in total. The van der Waals surface area contributed by atoms with E-state index in [1.54, 1.807) is 0 Å². The molecule has 0 heterocycles. The topological polar surface area (TPSA) is 43.4 Å². The predicted octanol–water partition coefficient (Wildman–Crippen LogP) is 6.11. The first-order valence-corrected chi connectivity index (χ1v) is 12.2. The Hall–Kier alpha value is -1.12. The summed E-state index contributed by atoms with van der Waals surface area (Å²) in [4.78, 5) is 23.9. The van der Waals surface area contributed by atoms with Crippen LogP contribution in [0.2, 0.25) is 0 Å². The minimum Gasteiger partial charge on any atom is -0.466 e. The van der Waals surface area contributed by atoms with Gasteiger partial charge in [-0.1, -0.05) is 26.3 Å². The number of allylic oxidation sites excluding steroid dienone is 1. The van der Waals surface area contributed by atoms with Crippen LogP contribution in [-0.4, -0.2) is 18.4 Å². The highest BCUT2D eigenvalue weighted by Crippen LogP contribution is 2.67. The van der Waals surface area contributed by atoms with Crippen molar-refractivity contribution in [3.63, 3.8) is 0 Å². The van der Waals surface area contributed by atoms with Gasteiger partial charge in [0.2, 0.25) is 0 Å². The zero-order valence-corrected chi connectivity index (χ0v) is 19.0. The Bertz CT molecular complexity index is 694. The van der Waals surface area contributed by atoms with Gasteiger partial charge in [0.25, 0.3) is 0 Å². The third-order valence-electron chi connectivity index (χ3n) is 9.83. The van der Waals surface area contributed by atoms with Crippen molar-refractivity contribution in [3.05, 3.63) is 11.6 Å². The number of carbonyl (C=O) groups is 2. The molecule has 4 unspecified atom stereocenters. The predicted molar refractivity (Wildman–Crippen MR) is 115 cm³/mol. The lowest BCUT2D eigenvalue weighted by Crippen LogP contribution is -2.51. The van der Waals surface area contributed by atoms with Gasteiger partial charge in [0.15, 0.2) is 5.78 Å². The molecule has 0 aliphatic heterocycles. The lowest BCUT2D eigenvalue weighted by molar-refractivity contribution is -0.143. The van der Waals surface area contributed by atoms with Crippen LogP contribution in [0, 0.1) is 40.4 Å². The second kappa shape index (κ2) is 7.85. The van der Waals surface area contributed by atoms with E-state index in [2.05, 4.69) is 20.8 Å². The van der Waals surface area contributed by atoms with E-state index in [1.165, 1.54) is 37.7 Å². The van der Waals surface area contributed by atoms with E-state index in [1.807, 2.05) is 13.0 Å². The Labute approximate surface area is 177 Å². The molecule has 4 rings (SSSR count). The molecule has 4 aliphatic rings. The average molecular weight is 401 g/mol. The average Bonchev–Trinajstić information content (AvgIpc) is 3.04. The van der Waals surface area contributed by atoms with E-state index in [0.717, 1.165) is 49.4 Å². The Morgan fingerprint density at radius 3 is 2.69 bits per heavy atom. The molecular formula is C26H40O3. The monoisotopic (exact) mass is 400 g/mol. The number of hydrogen-bond donors (Lipinski definition) is 0. The van der Waals surface area contributed by atoms with Gasteiger partial charge < -0.3 is 4.74 Å². The number of rotatable bonds is 5. The molecule has 4 aliphatic carbocycles. The van der Waals surface area contributed by atoms with Gasteiger partial charge in [0.1, 0.15) is 0 Å². The van der Waals surface area contributed by atoms with Crippen molar-refractivity contribution in [2.45, 2.75) is 91.9 Å². The van der Waals surface area contributed by atoms with Crippen molar-refractivity contribution in [3.8, 4) is 0 Å². The van der Waals surface area contributed by atoms with Crippen molar-refractivity contribution in [1.29, 1.82) is 0 Å². The molecule has 0 aromatic heterocycles. The Morgan fingerprint density at radius 2 is 1.93 bits per heavy atom. The SMILES string of the molecule is CCOC(=O)CC[C@@H](C)C1CCC2C3CCC4=CC(=O)CC[C@]4(C)C3CC[C@@]21C. The normalized spacial score (nSPS) is 42.3. The summed E-state index contributed by atoms with van der Waals surface area (Å²) >= 11 is 0. The van der Waals surface area contributed by atoms with Crippen molar-refractivity contribution >= 4 is 11.8 Å². The van der Waals surface area contributed by atoms with Crippen LogP contribution in [0.25, 0.3) is 0 Å². The van der Waals surface area contributed by atoms with Crippen LogP contribution in [0.3, 0.4) is 0 Å². The first-order chi connectivity index (χ1) is 13.8. The molecule has 162 valence electrons. The molecule has 0 aromatic carbocycles. The first kappa shape index (κ1) is 21.1. The molecule has 0 aromatic rings. The zero-order valence-electron chi connectivity index (χ0n) is 19.0. The van der Waals surface area contributed by atoms with E-state index in [0.29, 0.717) is 30.1 Å². The number of esters is 1. The largest absolute Gasteiger partial charge is 0.466 e. The van der Waals surface area contributed by atoms with Crippen molar-refractivity contribution < 1.29 is 14.3 Å². The van der Waals surface area contributed by atoms with Crippen LogP contribution in [0.1, 0.15) is 91.9 Å². The van der Waals surface area contributed by atoms with Gasteiger partial charge in [-0.25, -0.2) is 0 Å². The highest BCUT2D eigenvalue weighted by Gasteiger charge is 2.59. The Balaban J connectivity index is 1.48. The maximum absolute atomic E-state index is 12.0. The molecule has 3 fully saturated rings. The second-order valence-electron chi connectivity index (χ2n) is 11.0. The molecule has 0 amide bonds. The van der Waals surface area contributed by atoms with Crippen molar-refractivity contribution in [1.82, 2.24) is 0 Å². The minimum absolute atomic E-state index is 0.0332. The molecule has 0 spiro atoms. The number of carbonyl (C=O) groups excluding carboxylic acids is 2. The number of hydrogen-bond acceptors (Lipinski definition) is 3. The molecule has 0 radical (unpaired) electrons. The van der Waals surface area contributed by atoms with Gasteiger partial charge in [-0.05, 0) is 105 Å². The van der Waals surface area contributed by atoms with E-state index in [-0.39, 0.29) is 11.4 Å². The van der Waals surface area contributed by atoms with Crippen molar-refractivity contribution in [2.24, 2.45) is 40.4 Å². The standard InChI is InChI=1S/C26H40O3/c1-5-29-24(28)11-6-17(2)21-9-10-22-20-8-7-18-16-19(27)12-14-25(18,3)23(20)13-15-26(21,22)4/h16-17,20-23H,5-15H2,1-4H3/t17-,20?,21?,22?,23?,25+,26-/m1/s1. The summed E-state index contributed by atoms with van der Waals surface area (Å²) in [6.45, 7) is 9.79. The third-order valence-corrected chi connectivity index (χ3v) is 9.83. The number of fused-ring (bicyclic) bond motifs is 5. The highest BCUT2D eigenvalue weighted by molar-refractivity contribution is 5.91. The minimum atomic E-state index is -0.0332. The molecule has 3 saturated carbocycles. The smallest absolute Gasteiger partial charge is 0.305 e. The summed E-state index contributed by atoms with van der Waals surface area (Å²) in [5, 5.41) is 0. The van der Waals surface area contributed by atoms with Gasteiger partial charge in [-0.15, -0.1) is 0 Å². The molecule has 3 heteroatoms. The number of ether oxygens (including phenoxy) is 1. The summed E-state index contributed by atoms with van der Waals surface area (Å²) in [6.07, 6.45) is 13.1. The Kier molecular flexibility index (Phi) is 5.72. The molecule has 0 saturated heterocycles. The van der Waals surface area contributed by atoms with Crippen LogP contribution in [0.15, 0.2) is 11.6 Å². The molecule has 7 atom stereocenters. The quantitative estimate of drug-likeness (QED) is 0.523. The van der Waals surface area contributed by atoms with Crippen LogP contribution in [0.5, 0.6) is 0 Å². The summed E-state index contributed by atoms with van der Waals surface area (Å²) in [5.41, 5.74) is 2.17. The molecule has 3 nitrogen and oxygen atoms in total. The maximum atomic E-state index is 12.0. The van der Waals surface area contributed by atoms with Gasteiger partial charge in [-0.2, -0.15) is 0 Å². The molecular weight excluding hydrogens is 360 g/mol. The van der Waals surface area contributed by atoms with Crippen LogP contribution in [-0.2, 0) is 14.3 Å². The fourth-order valence-electron chi connectivity index (χ4n) is 8.31. The summed E-state index contributed by atoms with van der Waals surface area (Å²) in [6, 6.07) is 0.